The van der Waals surface area contributed by atoms with E-state index in [1.165, 1.54) is 4.80 Å². The maximum Gasteiger partial charge on any atom is 0.248 e. The van der Waals surface area contributed by atoms with Crippen LogP contribution in [0, 0.1) is 0 Å². The lowest BCUT2D eigenvalue weighted by atomic mass is 10.2. The molecule has 3 heterocycles. The van der Waals surface area contributed by atoms with Crippen LogP contribution in [0.25, 0.3) is 11.4 Å². The summed E-state index contributed by atoms with van der Waals surface area (Å²) >= 11 is 0. The van der Waals surface area contributed by atoms with Gasteiger partial charge in [-0.3, -0.25) is 9.78 Å². The van der Waals surface area contributed by atoms with Crippen molar-refractivity contribution < 1.29 is 14.3 Å². The molecule has 25 heavy (non-hydrogen) atoms. The molecule has 1 aromatic carbocycles. The zero-order valence-corrected chi connectivity index (χ0v) is 13.1. The number of amides is 1. The molecule has 9 heteroatoms. The van der Waals surface area contributed by atoms with E-state index in [0.29, 0.717) is 36.2 Å². The van der Waals surface area contributed by atoms with Crippen LogP contribution >= 0.6 is 0 Å². The summed E-state index contributed by atoms with van der Waals surface area (Å²) in [7, 11) is 0. The van der Waals surface area contributed by atoms with Crippen LogP contribution in [0.2, 0.25) is 0 Å². The lowest BCUT2D eigenvalue weighted by Crippen LogP contribution is -2.21. The first kappa shape index (κ1) is 15.1. The Morgan fingerprint density at radius 1 is 1.20 bits per heavy atom. The smallest absolute Gasteiger partial charge is 0.248 e. The van der Waals surface area contributed by atoms with Crippen LogP contribution in [0.4, 0.5) is 5.69 Å². The minimum atomic E-state index is -0.271. The Morgan fingerprint density at radius 2 is 2.08 bits per heavy atom. The first-order valence-corrected chi connectivity index (χ1v) is 7.66. The second-order valence-electron chi connectivity index (χ2n) is 5.29. The van der Waals surface area contributed by atoms with E-state index in [2.05, 4.69) is 25.7 Å². The number of rotatable bonds is 4. The molecule has 1 aliphatic heterocycles. The van der Waals surface area contributed by atoms with Crippen molar-refractivity contribution in [2.45, 2.75) is 6.54 Å². The molecule has 0 radical (unpaired) electrons. The maximum atomic E-state index is 12.2. The molecule has 3 aromatic rings. The van der Waals surface area contributed by atoms with E-state index in [0.717, 1.165) is 5.56 Å². The van der Waals surface area contributed by atoms with E-state index < -0.39 is 0 Å². The largest absolute Gasteiger partial charge is 0.486 e. The lowest BCUT2D eigenvalue weighted by Gasteiger charge is -2.18. The molecule has 9 nitrogen and oxygen atoms in total. The third-order valence-corrected chi connectivity index (χ3v) is 3.48. The van der Waals surface area contributed by atoms with Crippen molar-refractivity contribution in [1.82, 2.24) is 25.2 Å². The highest BCUT2D eigenvalue weighted by molar-refractivity contribution is 5.90. The predicted octanol–water partition coefficient (Wildman–Crippen LogP) is 1.14. The number of fused-ring (bicyclic) bond motifs is 1. The summed E-state index contributed by atoms with van der Waals surface area (Å²) in [6, 6.07) is 8.84. The molecule has 126 valence electrons. The molecule has 4 rings (SSSR count). The fourth-order valence-electron chi connectivity index (χ4n) is 2.37. The molecule has 1 amide bonds. The number of hydrogen-bond donors (Lipinski definition) is 1. The number of tetrazole rings is 1. The van der Waals surface area contributed by atoms with Crippen LogP contribution in [-0.4, -0.2) is 44.3 Å². The molecule has 0 unspecified atom stereocenters. The van der Waals surface area contributed by atoms with Crippen LogP contribution in [0.15, 0.2) is 42.7 Å². The summed E-state index contributed by atoms with van der Waals surface area (Å²) in [4.78, 5) is 17.4. The van der Waals surface area contributed by atoms with Crippen molar-refractivity contribution in [3.05, 3.63) is 42.7 Å². The molecule has 1 N–H and O–H groups in total. The number of anilines is 1. The van der Waals surface area contributed by atoms with E-state index in [1.54, 1.807) is 36.7 Å². The Morgan fingerprint density at radius 3 is 2.92 bits per heavy atom. The van der Waals surface area contributed by atoms with Gasteiger partial charge in [-0.1, -0.05) is 0 Å². The second-order valence-corrected chi connectivity index (χ2v) is 5.29. The molecular weight excluding hydrogens is 324 g/mol. The predicted molar refractivity (Wildman–Crippen MR) is 87.1 cm³/mol. The Bertz CT molecular complexity index is 896. The molecular formula is C16H14N6O3. The van der Waals surface area contributed by atoms with Gasteiger partial charge in [0.25, 0.3) is 0 Å². The van der Waals surface area contributed by atoms with Crippen LogP contribution in [0.5, 0.6) is 11.5 Å². The summed E-state index contributed by atoms with van der Waals surface area (Å²) in [5.41, 5.74) is 1.35. The van der Waals surface area contributed by atoms with Gasteiger partial charge >= 0.3 is 0 Å². The first-order chi connectivity index (χ1) is 12.3. The highest BCUT2D eigenvalue weighted by Crippen LogP contribution is 2.32. The van der Waals surface area contributed by atoms with Crippen LogP contribution in [0.1, 0.15) is 0 Å². The van der Waals surface area contributed by atoms with Crippen LogP contribution in [-0.2, 0) is 11.3 Å². The van der Waals surface area contributed by atoms with E-state index >= 15 is 0 Å². The number of benzene rings is 1. The Kier molecular flexibility index (Phi) is 3.95. The maximum absolute atomic E-state index is 12.2. The summed E-state index contributed by atoms with van der Waals surface area (Å²) < 4.78 is 10.9. The standard InChI is InChI=1S/C16H14N6O3/c23-15(18-12-3-4-13-14(8-12)25-7-6-24-13)10-22-20-16(19-21-22)11-2-1-5-17-9-11/h1-5,8-9H,6-7,10H2,(H,18,23). The molecule has 0 aliphatic carbocycles. The monoisotopic (exact) mass is 338 g/mol. The van der Waals surface area contributed by atoms with Crippen molar-refractivity contribution >= 4 is 11.6 Å². The SMILES string of the molecule is O=C(Cn1nnc(-c2cccnc2)n1)Nc1ccc2c(c1)OCCO2. The molecule has 2 aromatic heterocycles. The summed E-state index contributed by atoms with van der Waals surface area (Å²) in [6.07, 6.45) is 3.30. The van der Waals surface area contributed by atoms with Crippen LogP contribution < -0.4 is 14.8 Å². The topological polar surface area (TPSA) is 104 Å². The summed E-state index contributed by atoms with van der Waals surface area (Å²) in [5, 5.41) is 14.8. The van der Waals surface area contributed by atoms with Gasteiger partial charge in [-0.05, 0) is 29.5 Å². The molecule has 0 fully saturated rings. The number of pyridine rings is 1. The van der Waals surface area contributed by atoms with Gasteiger partial charge in [0.15, 0.2) is 11.5 Å². The molecule has 0 saturated heterocycles. The average Bonchev–Trinajstić information content (AvgIpc) is 3.10. The molecule has 0 spiro atoms. The molecule has 1 aliphatic rings. The fraction of sp³-hybridized carbons (Fsp3) is 0.188. The molecule has 0 atom stereocenters. The van der Waals surface area contributed by atoms with Gasteiger partial charge in [0.2, 0.25) is 11.7 Å². The van der Waals surface area contributed by atoms with Crippen molar-refractivity contribution in [3.63, 3.8) is 0 Å². The van der Waals surface area contributed by atoms with Crippen molar-refractivity contribution in [2.75, 3.05) is 18.5 Å². The number of ether oxygens (including phenoxy) is 2. The van der Waals surface area contributed by atoms with E-state index in [-0.39, 0.29) is 12.5 Å². The van der Waals surface area contributed by atoms with Gasteiger partial charge in [-0.2, -0.15) is 4.80 Å². The first-order valence-electron chi connectivity index (χ1n) is 7.66. The Balaban J connectivity index is 1.42. The van der Waals surface area contributed by atoms with Crippen molar-refractivity contribution in [3.8, 4) is 22.9 Å². The zero-order chi connectivity index (χ0) is 17.1. The number of nitrogens with one attached hydrogen (secondary N) is 1. The average molecular weight is 338 g/mol. The minimum absolute atomic E-state index is 0.0539. The third kappa shape index (κ3) is 3.39. The number of aromatic nitrogens is 5. The highest BCUT2D eigenvalue weighted by Gasteiger charge is 2.14. The minimum Gasteiger partial charge on any atom is -0.486 e. The van der Waals surface area contributed by atoms with Crippen molar-refractivity contribution in [1.29, 1.82) is 0 Å². The number of nitrogens with zero attached hydrogens (tertiary/aromatic N) is 5. The normalized spacial score (nSPS) is 12.6. The fourth-order valence-corrected chi connectivity index (χ4v) is 2.37. The Hall–Kier alpha value is -3.49. The second kappa shape index (κ2) is 6.56. The zero-order valence-electron chi connectivity index (χ0n) is 13.1. The van der Waals surface area contributed by atoms with E-state index in [4.69, 9.17) is 9.47 Å². The quantitative estimate of drug-likeness (QED) is 0.761. The number of carbonyl (C=O) groups excluding carboxylic acids is 1. The van der Waals surface area contributed by atoms with E-state index in [9.17, 15) is 4.79 Å². The van der Waals surface area contributed by atoms with Gasteiger partial charge in [0.1, 0.15) is 19.8 Å². The van der Waals surface area contributed by atoms with Gasteiger partial charge < -0.3 is 14.8 Å². The summed E-state index contributed by atoms with van der Waals surface area (Å²) in [5.74, 6) is 1.43. The van der Waals surface area contributed by atoms with Gasteiger partial charge in [-0.15, -0.1) is 10.2 Å². The number of carbonyl (C=O) groups is 1. The van der Waals surface area contributed by atoms with Gasteiger partial charge in [0, 0.05) is 29.7 Å². The van der Waals surface area contributed by atoms with Crippen molar-refractivity contribution in [2.24, 2.45) is 0 Å². The number of hydrogen-bond acceptors (Lipinski definition) is 7. The van der Waals surface area contributed by atoms with Crippen LogP contribution in [0.3, 0.4) is 0 Å². The lowest BCUT2D eigenvalue weighted by molar-refractivity contribution is -0.117. The van der Waals surface area contributed by atoms with E-state index in [1.807, 2.05) is 6.07 Å². The third-order valence-electron chi connectivity index (χ3n) is 3.48. The molecule has 0 bridgehead atoms. The van der Waals surface area contributed by atoms with Gasteiger partial charge in [0.05, 0.1) is 0 Å². The summed E-state index contributed by atoms with van der Waals surface area (Å²) in [6.45, 7) is 0.960. The Labute approximate surface area is 142 Å². The molecule has 0 saturated carbocycles. The van der Waals surface area contributed by atoms with Gasteiger partial charge in [-0.25, -0.2) is 0 Å². The highest BCUT2D eigenvalue weighted by atomic mass is 16.6.